The summed E-state index contributed by atoms with van der Waals surface area (Å²) >= 11 is 0. The third-order valence-corrected chi connectivity index (χ3v) is 28.9. The van der Waals surface area contributed by atoms with Crippen LogP contribution in [-0.4, -0.2) is 0 Å². The maximum Gasteiger partial charge on any atom is 0.0715 e. The predicted molar refractivity (Wildman–Crippen MR) is 661 cm³/mol. The summed E-state index contributed by atoms with van der Waals surface area (Å²) in [6.45, 7) is 66.5. The molecule has 0 unspecified atom stereocenters. The van der Waals surface area contributed by atoms with Crippen molar-refractivity contribution in [1.29, 1.82) is 0 Å². The first-order chi connectivity index (χ1) is 70.8. The van der Waals surface area contributed by atoms with Crippen LogP contribution in [0.15, 0.2) is 364 Å². The van der Waals surface area contributed by atoms with Gasteiger partial charge in [0.1, 0.15) is 0 Å². The van der Waals surface area contributed by atoms with E-state index in [2.05, 4.69) is 419 Å². The van der Waals surface area contributed by atoms with Crippen LogP contribution in [0.25, 0.3) is 0 Å². The van der Waals surface area contributed by atoms with E-state index in [1.54, 1.807) is 0 Å². The normalized spacial score (nSPS) is 12.9. The minimum Gasteiger partial charge on any atom is -0.0776 e. The highest BCUT2D eigenvalue weighted by atomic mass is 14.5. The number of hydrogen-bond donors (Lipinski definition) is 0. The molecule has 0 atom stereocenters. The van der Waals surface area contributed by atoms with E-state index in [1.165, 1.54) is 200 Å². The Morgan fingerprint density at radius 1 is 0.142 bits per heavy atom. The van der Waals surface area contributed by atoms with Gasteiger partial charge in [0.25, 0.3) is 0 Å². The SMILES string of the molecule is C.C.C.C.CC.CC.CC.CC.CC.CC.CC.CC.CC.CC.CC.CC.CC(C)c1ccc2c(c1)C1(c3ccccc3Cc3ccccc31)c1ccccc1C2.CC(C)c1ccc2c(c1)Cc1ccccc1C21c2ccccc2Cc2ccccc21.CC(C)c1cccc2c1C1(c3ccccc3Cc3ccccc31)c1ccccc1C2.CC(C)c1cccc2c1Cc1ccccc1C21c2ccccc2Cc2ccccc21. The number of hydrogen-bond acceptors (Lipinski definition) is 0. The third-order valence-electron chi connectivity index (χ3n) is 28.9. The van der Waals surface area contributed by atoms with Crippen molar-refractivity contribution in [1.82, 2.24) is 0 Å². The maximum atomic E-state index is 2.51. The second-order valence-electron chi connectivity index (χ2n) is 36.5. The van der Waals surface area contributed by atoms with Gasteiger partial charge in [0.05, 0.1) is 21.7 Å². The van der Waals surface area contributed by atoms with E-state index in [1.807, 2.05) is 166 Å². The highest BCUT2D eigenvalue weighted by Gasteiger charge is 2.53. The van der Waals surface area contributed by atoms with Crippen molar-refractivity contribution in [3.63, 3.8) is 0 Å². The van der Waals surface area contributed by atoms with Gasteiger partial charge >= 0.3 is 0 Å². The molecule has 784 valence electrons. The standard InChI is InChI=1S/4C30H26.12C2H6.4CH4/c1-20(2)25-14-9-13-24-19-23-12-5-8-17-28(23)30(29(24)25)26-15-6-3-10-21(26)18-22-11-4-7-16-27(22)30;1-20(2)24-13-9-17-29-25(24)19-23-12-5-8-16-28(23)30(29)26-14-6-3-10-21(26)18-22-11-4-7-15-27(22)30;1-20(2)21-15-16-25-18-24-11-5-8-14-28(24)30(29(25)19-21)26-12-6-3-9-22(26)17-23-10-4-7-13-27(23)30;1-20(2)21-15-16-29-25(17-21)19-24-11-5-8-14-28(24)30(29)26-12-6-3-9-22(26)18-23-10-4-7-13-27(23)30;12*1-2;;;;/h2*3-17,20H,18-19H2,1-2H3;3-16,19-20H,17-18H2,1-2H3;3-17,20H,18-19H2,1-2H3;12*1-2H3;4*1H4. The van der Waals surface area contributed by atoms with E-state index in [0.29, 0.717) is 23.7 Å². The summed E-state index contributed by atoms with van der Waals surface area (Å²) in [5.74, 6) is 2.03. The summed E-state index contributed by atoms with van der Waals surface area (Å²) in [5.41, 5.74) is 51.7. The molecular formula is C148H192. The van der Waals surface area contributed by atoms with E-state index in [-0.39, 0.29) is 51.4 Å². The molecule has 16 aromatic carbocycles. The fourth-order valence-corrected chi connectivity index (χ4v) is 23.9. The van der Waals surface area contributed by atoms with Gasteiger partial charge in [0.2, 0.25) is 0 Å². The van der Waals surface area contributed by atoms with Gasteiger partial charge in [-0.3, -0.25) is 0 Å². The summed E-state index contributed by atoms with van der Waals surface area (Å²) in [5, 5.41) is 0. The lowest BCUT2D eigenvalue weighted by atomic mass is 9.54. The van der Waals surface area contributed by atoms with Crippen LogP contribution in [0.4, 0.5) is 0 Å². The van der Waals surface area contributed by atoms with Crippen molar-refractivity contribution in [3.05, 3.63) is 564 Å². The Bertz CT molecular complexity index is 6250. The molecule has 0 heterocycles. The molecule has 16 aromatic rings. The lowest BCUT2D eigenvalue weighted by molar-refractivity contribution is 0.650. The van der Waals surface area contributed by atoms with E-state index in [0.717, 1.165) is 51.4 Å². The van der Waals surface area contributed by atoms with Crippen molar-refractivity contribution >= 4 is 0 Å². The van der Waals surface area contributed by atoms with Crippen LogP contribution in [0.1, 0.15) is 475 Å². The van der Waals surface area contributed by atoms with Crippen LogP contribution in [-0.2, 0) is 73.0 Å². The Balaban J connectivity index is 0.000000321. The van der Waals surface area contributed by atoms with Gasteiger partial charge in [-0.2, -0.15) is 0 Å². The average molecular weight is 1970 g/mol. The first-order valence-corrected chi connectivity index (χ1v) is 56.3. The van der Waals surface area contributed by atoms with Gasteiger partial charge in [-0.15, -0.1) is 0 Å². The van der Waals surface area contributed by atoms with Crippen molar-refractivity contribution < 1.29 is 0 Å². The van der Waals surface area contributed by atoms with Crippen LogP contribution < -0.4 is 0 Å². The fourth-order valence-electron chi connectivity index (χ4n) is 23.9. The van der Waals surface area contributed by atoms with Gasteiger partial charge < -0.3 is 0 Å². The van der Waals surface area contributed by atoms with E-state index in [4.69, 9.17) is 0 Å². The number of benzene rings is 16. The summed E-state index contributed by atoms with van der Waals surface area (Å²) in [6.07, 6.45) is 8.09. The lowest BCUT2D eigenvalue weighted by Gasteiger charge is -2.47. The second-order valence-corrected chi connectivity index (χ2v) is 36.5. The largest absolute Gasteiger partial charge is 0.0776 e. The van der Waals surface area contributed by atoms with Crippen molar-refractivity contribution in [2.45, 2.75) is 348 Å². The van der Waals surface area contributed by atoms with Crippen LogP contribution in [0.2, 0.25) is 0 Å². The van der Waals surface area contributed by atoms with Gasteiger partial charge in [0, 0.05) is 0 Å². The zero-order valence-electron chi connectivity index (χ0n) is 94.6. The molecule has 0 heteroatoms. The molecule has 0 aromatic heterocycles. The van der Waals surface area contributed by atoms with E-state index >= 15 is 0 Å². The average Bonchev–Trinajstić information content (AvgIpc) is 0.701. The topological polar surface area (TPSA) is 0 Å². The molecule has 0 N–H and O–H groups in total. The molecule has 148 heavy (non-hydrogen) atoms. The summed E-state index contributed by atoms with van der Waals surface area (Å²) in [6, 6.07) is 138. The molecule has 8 aliphatic rings. The molecule has 0 nitrogen and oxygen atoms in total. The molecule has 8 aliphatic carbocycles. The quantitative estimate of drug-likeness (QED) is 0.165. The van der Waals surface area contributed by atoms with Crippen molar-refractivity contribution in [3.8, 4) is 0 Å². The predicted octanol–water partition coefficient (Wildman–Crippen LogP) is 42.9. The molecule has 24 rings (SSSR count). The highest BCUT2D eigenvalue weighted by molar-refractivity contribution is 5.78. The van der Waals surface area contributed by atoms with E-state index < -0.39 is 0 Å². The first kappa shape index (κ1) is 126. The Morgan fingerprint density at radius 2 is 0.324 bits per heavy atom. The first-order valence-electron chi connectivity index (χ1n) is 56.3. The fraction of sp³-hybridized carbons (Fsp3) is 0.351. The van der Waals surface area contributed by atoms with Crippen LogP contribution >= 0.6 is 0 Å². The lowest BCUT2D eigenvalue weighted by Crippen LogP contribution is -2.41. The smallest absolute Gasteiger partial charge is 0.0715 e. The van der Waals surface area contributed by atoms with E-state index in [9.17, 15) is 0 Å². The van der Waals surface area contributed by atoms with Crippen LogP contribution in [0.5, 0.6) is 0 Å². The summed E-state index contributed by atoms with van der Waals surface area (Å²) in [7, 11) is 0. The minimum absolute atomic E-state index is 0. The second kappa shape index (κ2) is 60.2. The third kappa shape index (κ3) is 23.3. The van der Waals surface area contributed by atoms with Crippen LogP contribution in [0.3, 0.4) is 0 Å². The molecule has 0 aliphatic heterocycles. The highest BCUT2D eigenvalue weighted by Crippen LogP contribution is 2.61. The molecule has 0 fully saturated rings. The monoisotopic (exact) mass is 1970 g/mol. The molecule has 0 saturated carbocycles. The zero-order valence-corrected chi connectivity index (χ0v) is 94.6. The van der Waals surface area contributed by atoms with Gasteiger partial charge in [-0.05, 0) is 275 Å². The Hall–Kier alpha value is -12.5. The summed E-state index contributed by atoms with van der Waals surface area (Å²) in [4.78, 5) is 0. The summed E-state index contributed by atoms with van der Waals surface area (Å²) < 4.78 is 0. The van der Waals surface area contributed by atoms with Crippen molar-refractivity contribution in [2.24, 2.45) is 0 Å². The maximum absolute atomic E-state index is 2.51. The molecule has 0 radical (unpaired) electrons. The number of rotatable bonds is 4. The van der Waals surface area contributed by atoms with Crippen molar-refractivity contribution in [2.75, 3.05) is 0 Å². The molecule has 0 amide bonds. The minimum atomic E-state index is -0.240. The Kier molecular flexibility index (Phi) is 51.3. The Labute approximate surface area is 905 Å². The molecular weight excluding hydrogens is 1780 g/mol. The van der Waals surface area contributed by atoms with Crippen LogP contribution in [0, 0.1) is 0 Å². The van der Waals surface area contributed by atoms with Gasteiger partial charge in [-0.25, -0.2) is 0 Å². The molecule has 0 bridgehead atoms. The molecule has 4 spiro atoms. The Morgan fingerprint density at radius 3 is 0.595 bits per heavy atom. The van der Waals surface area contributed by atoms with Gasteiger partial charge in [-0.1, -0.05) is 615 Å². The zero-order chi connectivity index (χ0) is 105. The number of fused-ring (bicyclic) bond motifs is 32. The molecule has 0 saturated heterocycles. The van der Waals surface area contributed by atoms with Gasteiger partial charge in [0.15, 0.2) is 0 Å².